The van der Waals surface area contributed by atoms with Crippen molar-refractivity contribution >= 4 is 43.6 Å². The molecule has 9 aromatic carbocycles. The second kappa shape index (κ2) is 13.6. The van der Waals surface area contributed by atoms with Gasteiger partial charge in [0, 0.05) is 0 Å². The molecule has 2 aromatic heterocycles. The maximum atomic E-state index is 2.37. The summed E-state index contributed by atoms with van der Waals surface area (Å²) in [6.45, 7) is 0. The largest absolute Gasteiger partial charge is 0.294 e. The minimum Gasteiger partial charge on any atom is -0.225 e. The molecule has 4 nitrogen and oxygen atoms in total. The standard InChI is InChI=1S/C54H40N4/c1-55-47-25-13-15-27-49(47)57(41-17-5-3-6-18-41)53(55)39-33-29-37(30-34-39)51-43-21-9-11-23-45(43)52(46-24-12-10-22-44(46)51)38-31-35-40(36-32-38)54-56(2)48-26-14-16-28-50(48)58(54)42-19-7-4-8-20-42/h3-36H,1-2H3/q+2. The highest BCUT2D eigenvalue weighted by Gasteiger charge is 2.28. The Kier molecular flexibility index (Phi) is 7.90. The lowest BCUT2D eigenvalue weighted by atomic mass is 9.85. The molecule has 0 radical (unpaired) electrons. The maximum absolute atomic E-state index is 2.37. The summed E-state index contributed by atoms with van der Waals surface area (Å²) in [4.78, 5) is 0. The van der Waals surface area contributed by atoms with Gasteiger partial charge < -0.3 is 0 Å². The van der Waals surface area contributed by atoms with E-state index in [1.807, 2.05) is 0 Å². The van der Waals surface area contributed by atoms with Gasteiger partial charge >= 0.3 is 0 Å². The number of aryl methyl sites for hydroxylation is 2. The minimum absolute atomic E-state index is 1.14. The molecule has 0 fully saturated rings. The molecule has 0 spiro atoms. The highest BCUT2D eigenvalue weighted by Crippen LogP contribution is 2.44. The van der Waals surface area contributed by atoms with Crippen LogP contribution in [-0.4, -0.2) is 9.13 Å². The van der Waals surface area contributed by atoms with Crippen LogP contribution < -0.4 is 9.13 Å². The fraction of sp³-hybridized carbons (Fsp3) is 0.0370. The molecule has 0 N–H and O–H groups in total. The zero-order valence-electron chi connectivity index (χ0n) is 32.4. The monoisotopic (exact) mass is 744 g/mol. The van der Waals surface area contributed by atoms with Gasteiger partial charge in [-0.15, -0.1) is 0 Å². The number of imidazole rings is 2. The summed E-state index contributed by atoms with van der Waals surface area (Å²) in [6, 6.07) is 74.8. The third-order valence-corrected chi connectivity index (χ3v) is 11.9. The number of rotatable bonds is 6. The smallest absolute Gasteiger partial charge is 0.225 e. The predicted molar refractivity (Wildman–Crippen MR) is 239 cm³/mol. The van der Waals surface area contributed by atoms with Gasteiger partial charge in [-0.05, 0) is 117 Å². The molecule has 11 rings (SSSR count). The van der Waals surface area contributed by atoms with Crippen molar-refractivity contribution in [3.05, 3.63) is 206 Å². The van der Waals surface area contributed by atoms with Gasteiger partial charge in [-0.3, -0.25) is 0 Å². The lowest BCUT2D eigenvalue weighted by Crippen LogP contribution is -2.30. The van der Waals surface area contributed by atoms with E-state index in [4.69, 9.17) is 0 Å². The van der Waals surface area contributed by atoms with E-state index in [1.54, 1.807) is 0 Å². The van der Waals surface area contributed by atoms with E-state index in [2.05, 4.69) is 239 Å². The second-order valence-electron chi connectivity index (χ2n) is 15.1. The van der Waals surface area contributed by atoms with Crippen molar-refractivity contribution in [3.8, 4) is 56.4 Å². The SMILES string of the molecule is C[n+]1c(-c2ccc(-c3c4ccccc4c(-c4ccc(-c5n(-c6ccccc6)c6ccccc6[n+]5C)cc4)c4ccccc34)cc2)n(-c2ccccc2)c2ccccc21. The molecule has 0 aliphatic carbocycles. The Morgan fingerprint density at radius 1 is 0.293 bits per heavy atom. The van der Waals surface area contributed by atoms with Crippen LogP contribution >= 0.6 is 0 Å². The highest BCUT2D eigenvalue weighted by atomic mass is 15.2. The van der Waals surface area contributed by atoms with E-state index in [0.717, 1.165) is 34.2 Å². The third-order valence-electron chi connectivity index (χ3n) is 11.9. The van der Waals surface area contributed by atoms with Crippen molar-refractivity contribution in [1.29, 1.82) is 0 Å². The van der Waals surface area contributed by atoms with E-state index < -0.39 is 0 Å². The number of aromatic nitrogens is 4. The van der Waals surface area contributed by atoms with Crippen LogP contribution in [-0.2, 0) is 14.1 Å². The molecule has 4 heteroatoms. The normalized spacial score (nSPS) is 11.6. The zero-order valence-corrected chi connectivity index (χ0v) is 32.4. The van der Waals surface area contributed by atoms with E-state index in [-0.39, 0.29) is 0 Å². The van der Waals surface area contributed by atoms with Crippen LogP contribution in [0.15, 0.2) is 206 Å². The quantitative estimate of drug-likeness (QED) is 0.119. The number of fused-ring (bicyclic) bond motifs is 4. The van der Waals surface area contributed by atoms with Crippen molar-refractivity contribution in [2.75, 3.05) is 0 Å². The summed E-state index contributed by atoms with van der Waals surface area (Å²) in [5.74, 6) is 2.29. The van der Waals surface area contributed by atoms with E-state index in [9.17, 15) is 0 Å². The topological polar surface area (TPSA) is 17.6 Å². The average molecular weight is 745 g/mol. The summed E-state index contributed by atoms with van der Waals surface area (Å²) in [5.41, 5.74) is 14.3. The van der Waals surface area contributed by atoms with E-state index in [0.29, 0.717) is 0 Å². The zero-order chi connectivity index (χ0) is 38.7. The molecule has 0 atom stereocenters. The van der Waals surface area contributed by atoms with Gasteiger partial charge in [0.15, 0.2) is 22.1 Å². The predicted octanol–water partition coefficient (Wildman–Crippen LogP) is 12.2. The fourth-order valence-electron chi connectivity index (χ4n) is 9.27. The Bertz CT molecular complexity index is 3040. The Hall–Kier alpha value is -7.56. The van der Waals surface area contributed by atoms with E-state index in [1.165, 1.54) is 65.9 Å². The van der Waals surface area contributed by atoms with Crippen molar-refractivity contribution in [2.45, 2.75) is 0 Å². The van der Waals surface area contributed by atoms with Crippen molar-refractivity contribution in [3.63, 3.8) is 0 Å². The lowest BCUT2D eigenvalue weighted by molar-refractivity contribution is -0.633. The van der Waals surface area contributed by atoms with Crippen LogP contribution in [0.3, 0.4) is 0 Å². The molecule has 0 aliphatic rings. The number of hydrogen-bond acceptors (Lipinski definition) is 0. The van der Waals surface area contributed by atoms with Gasteiger partial charge in [0.05, 0.1) is 25.2 Å². The first-order valence-electron chi connectivity index (χ1n) is 19.9. The Morgan fingerprint density at radius 3 is 0.948 bits per heavy atom. The molecule has 0 unspecified atom stereocenters. The summed E-state index contributed by atoms with van der Waals surface area (Å²) in [7, 11) is 4.33. The number of hydrogen-bond donors (Lipinski definition) is 0. The van der Waals surface area contributed by atoms with Gasteiger partial charge in [-0.25, -0.2) is 9.13 Å². The number of para-hydroxylation sites is 6. The van der Waals surface area contributed by atoms with Crippen LogP contribution in [0.4, 0.5) is 0 Å². The van der Waals surface area contributed by atoms with Gasteiger partial charge in [-0.2, -0.15) is 9.13 Å². The molecule has 58 heavy (non-hydrogen) atoms. The van der Waals surface area contributed by atoms with Crippen LogP contribution in [0, 0.1) is 0 Å². The Morgan fingerprint density at radius 2 is 0.586 bits per heavy atom. The van der Waals surface area contributed by atoms with Crippen LogP contribution in [0.2, 0.25) is 0 Å². The molecule has 0 saturated carbocycles. The number of nitrogens with zero attached hydrogens (tertiary/aromatic N) is 4. The van der Waals surface area contributed by atoms with Crippen molar-refractivity contribution in [1.82, 2.24) is 9.13 Å². The molecule has 0 saturated heterocycles. The van der Waals surface area contributed by atoms with Crippen LogP contribution in [0.1, 0.15) is 0 Å². The molecule has 0 bridgehead atoms. The second-order valence-corrected chi connectivity index (χ2v) is 15.1. The van der Waals surface area contributed by atoms with Gasteiger partial charge in [0.25, 0.3) is 11.6 Å². The van der Waals surface area contributed by atoms with Gasteiger partial charge in [0.1, 0.15) is 11.4 Å². The third kappa shape index (κ3) is 5.23. The Labute approximate surface area is 337 Å². The Balaban J connectivity index is 1.05. The average Bonchev–Trinajstić information content (AvgIpc) is 3.76. The molecule has 274 valence electrons. The molecule has 0 aliphatic heterocycles. The van der Waals surface area contributed by atoms with Crippen LogP contribution in [0.25, 0.3) is 100 Å². The van der Waals surface area contributed by atoms with E-state index >= 15 is 0 Å². The molecular weight excluding hydrogens is 705 g/mol. The first-order valence-corrected chi connectivity index (χ1v) is 19.9. The van der Waals surface area contributed by atoms with Crippen LogP contribution in [0.5, 0.6) is 0 Å². The van der Waals surface area contributed by atoms with Crippen molar-refractivity contribution in [2.24, 2.45) is 14.1 Å². The van der Waals surface area contributed by atoms with Gasteiger partial charge in [0.2, 0.25) is 0 Å². The summed E-state index contributed by atoms with van der Waals surface area (Å²) in [6.07, 6.45) is 0. The summed E-state index contributed by atoms with van der Waals surface area (Å²) < 4.78 is 9.36. The minimum atomic E-state index is 1.14. The molecule has 0 amide bonds. The fourth-order valence-corrected chi connectivity index (χ4v) is 9.27. The summed E-state index contributed by atoms with van der Waals surface area (Å²) >= 11 is 0. The molecular formula is C54H40N4+2. The number of benzene rings is 9. The lowest BCUT2D eigenvalue weighted by Gasteiger charge is -2.18. The first-order chi connectivity index (χ1) is 28.7. The summed E-state index contributed by atoms with van der Waals surface area (Å²) in [5, 5.41) is 4.97. The maximum Gasteiger partial charge on any atom is 0.294 e. The van der Waals surface area contributed by atoms with Gasteiger partial charge in [-0.1, -0.05) is 133 Å². The van der Waals surface area contributed by atoms with Crippen molar-refractivity contribution < 1.29 is 9.13 Å². The molecule has 2 heterocycles. The molecule has 11 aromatic rings. The first kappa shape index (κ1) is 33.8. The highest BCUT2D eigenvalue weighted by molar-refractivity contribution is 6.21.